The number of benzene rings is 2. The van der Waals surface area contributed by atoms with Crippen molar-refractivity contribution in [1.29, 1.82) is 0 Å². The standard InChI is InChI=1S/C25H32N2O5/c1-16(2)23(27-24(28)17-13-21(30-3)15-22(14-17)31-4)25(29)26-18-9-11-20(12-10-18)32-19-7-5-6-8-19/h9-16,19,23H,5-8H2,1-4H3,(H,26,29)(H,27,28). The molecule has 0 aliphatic heterocycles. The van der Waals surface area contributed by atoms with Crippen LogP contribution in [-0.4, -0.2) is 38.2 Å². The molecule has 0 aromatic heterocycles. The summed E-state index contributed by atoms with van der Waals surface area (Å²) in [5.74, 6) is 1.02. The normalized spacial score (nSPS) is 14.7. The molecule has 2 N–H and O–H groups in total. The third-order valence-corrected chi connectivity index (χ3v) is 5.58. The summed E-state index contributed by atoms with van der Waals surface area (Å²) in [4.78, 5) is 25.8. The van der Waals surface area contributed by atoms with Crippen LogP contribution in [0.4, 0.5) is 5.69 Å². The van der Waals surface area contributed by atoms with Crippen molar-refractivity contribution in [2.45, 2.75) is 51.7 Å². The SMILES string of the molecule is COc1cc(OC)cc(C(=O)NC(C(=O)Nc2ccc(OC3CCCC3)cc2)C(C)C)c1. The Labute approximate surface area is 189 Å². The molecule has 7 nitrogen and oxygen atoms in total. The van der Waals surface area contributed by atoms with Crippen LogP contribution in [0.2, 0.25) is 0 Å². The second kappa shape index (κ2) is 10.9. The van der Waals surface area contributed by atoms with E-state index in [0.717, 1.165) is 18.6 Å². The molecule has 0 spiro atoms. The molecule has 0 radical (unpaired) electrons. The van der Waals surface area contributed by atoms with Crippen LogP contribution in [0, 0.1) is 5.92 Å². The number of rotatable bonds is 9. The summed E-state index contributed by atoms with van der Waals surface area (Å²) >= 11 is 0. The largest absolute Gasteiger partial charge is 0.497 e. The molecule has 172 valence electrons. The molecule has 1 fully saturated rings. The summed E-state index contributed by atoms with van der Waals surface area (Å²) in [5, 5.41) is 5.72. The second-order valence-electron chi connectivity index (χ2n) is 8.33. The topological polar surface area (TPSA) is 85.9 Å². The van der Waals surface area contributed by atoms with Crippen LogP contribution in [0.5, 0.6) is 17.2 Å². The van der Waals surface area contributed by atoms with Gasteiger partial charge in [-0.15, -0.1) is 0 Å². The Kier molecular flexibility index (Phi) is 7.98. The van der Waals surface area contributed by atoms with Crippen molar-refractivity contribution >= 4 is 17.5 Å². The number of methoxy groups -OCH3 is 2. The van der Waals surface area contributed by atoms with Gasteiger partial charge in [0, 0.05) is 17.3 Å². The van der Waals surface area contributed by atoms with Crippen LogP contribution in [0.1, 0.15) is 49.9 Å². The highest BCUT2D eigenvalue weighted by atomic mass is 16.5. The second-order valence-corrected chi connectivity index (χ2v) is 8.33. The van der Waals surface area contributed by atoms with Gasteiger partial charge in [0.2, 0.25) is 5.91 Å². The van der Waals surface area contributed by atoms with E-state index < -0.39 is 6.04 Å². The minimum absolute atomic E-state index is 0.114. The molecule has 0 bridgehead atoms. The molecule has 1 atom stereocenters. The van der Waals surface area contributed by atoms with Crippen molar-refractivity contribution in [3.63, 3.8) is 0 Å². The third-order valence-electron chi connectivity index (χ3n) is 5.58. The quantitative estimate of drug-likeness (QED) is 0.603. The van der Waals surface area contributed by atoms with E-state index in [2.05, 4.69) is 10.6 Å². The van der Waals surface area contributed by atoms with Gasteiger partial charge in [-0.1, -0.05) is 13.8 Å². The predicted octanol–water partition coefficient (Wildman–Crippen LogP) is 4.42. The highest BCUT2D eigenvalue weighted by Crippen LogP contribution is 2.25. The molecule has 2 aromatic rings. The fourth-order valence-corrected chi connectivity index (χ4v) is 3.73. The Hall–Kier alpha value is -3.22. The smallest absolute Gasteiger partial charge is 0.252 e. The van der Waals surface area contributed by atoms with E-state index in [1.807, 2.05) is 38.1 Å². The average Bonchev–Trinajstić information content (AvgIpc) is 3.30. The lowest BCUT2D eigenvalue weighted by atomic mass is 10.0. The minimum atomic E-state index is -0.714. The highest BCUT2D eigenvalue weighted by molar-refractivity contribution is 6.01. The van der Waals surface area contributed by atoms with Gasteiger partial charge in [0.1, 0.15) is 23.3 Å². The summed E-state index contributed by atoms with van der Waals surface area (Å²) < 4.78 is 16.4. The highest BCUT2D eigenvalue weighted by Gasteiger charge is 2.25. The lowest BCUT2D eigenvalue weighted by Gasteiger charge is -2.22. The van der Waals surface area contributed by atoms with Gasteiger partial charge in [-0.05, 0) is 68.0 Å². The van der Waals surface area contributed by atoms with E-state index in [9.17, 15) is 9.59 Å². The van der Waals surface area contributed by atoms with Crippen LogP contribution in [0.3, 0.4) is 0 Å². The lowest BCUT2D eigenvalue weighted by Crippen LogP contribution is -2.47. The molecule has 32 heavy (non-hydrogen) atoms. The summed E-state index contributed by atoms with van der Waals surface area (Å²) in [6.07, 6.45) is 4.89. The Balaban J connectivity index is 1.64. The van der Waals surface area contributed by atoms with Crippen LogP contribution in [0.15, 0.2) is 42.5 Å². The predicted molar refractivity (Wildman–Crippen MR) is 124 cm³/mol. The van der Waals surface area contributed by atoms with Crippen molar-refractivity contribution < 1.29 is 23.8 Å². The van der Waals surface area contributed by atoms with E-state index in [0.29, 0.717) is 22.7 Å². The van der Waals surface area contributed by atoms with Gasteiger partial charge in [0.25, 0.3) is 5.91 Å². The third kappa shape index (κ3) is 6.15. The zero-order chi connectivity index (χ0) is 23.1. The zero-order valence-electron chi connectivity index (χ0n) is 19.1. The number of anilines is 1. The molecule has 0 heterocycles. The van der Waals surface area contributed by atoms with E-state index in [4.69, 9.17) is 14.2 Å². The number of amides is 2. The number of hydrogen-bond acceptors (Lipinski definition) is 5. The van der Waals surface area contributed by atoms with Crippen LogP contribution >= 0.6 is 0 Å². The van der Waals surface area contributed by atoms with Gasteiger partial charge in [0.15, 0.2) is 0 Å². The molecule has 7 heteroatoms. The molecular formula is C25H32N2O5. The first-order chi connectivity index (χ1) is 15.4. The molecule has 2 aromatic carbocycles. The number of ether oxygens (including phenoxy) is 3. The molecule has 1 saturated carbocycles. The van der Waals surface area contributed by atoms with Gasteiger partial charge in [-0.2, -0.15) is 0 Å². The van der Waals surface area contributed by atoms with Gasteiger partial charge >= 0.3 is 0 Å². The molecule has 1 aliphatic rings. The first kappa shape index (κ1) is 23.4. The summed E-state index contributed by atoms with van der Waals surface area (Å²) in [7, 11) is 3.04. The van der Waals surface area contributed by atoms with E-state index in [1.54, 1.807) is 18.2 Å². The molecule has 1 unspecified atom stereocenters. The summed E-state index contributed by atoms with van der Waals surface area (Å²) in [6, 6.07) is 11.5. The molecule has 2 amide bonds. The van der Waals surface area contributed by atoms with Gasteiger partial charge < -0.3 is 24.8 Å². The van der Waals surface area contributed by atoms with Crippen molar-refractivity contribution in [3.8, 4) is 17.2 Å². The van der Waals surface area contributed by atoms with Gasteiger partial charge in [0.05, 0.1) is 20.3 Å². The maximum atomic E-state index is 12.9. The van der Waals surface area contributed by atoms with Crippen molar-refractivity contribution in [2.75, 3.05) is 19.5 Å². The Morgan fingerprint density at radius 1 is 0.906 bits per heavy atom. The van der Waals surface area contributed by atoms with Crippen LogP contribution in [0.25, 0.3) is 0 Å². The number of nitrogens with one attached hydrogen (secondary N) is 2. The molecule has 3 rings (SSSR count). The van der Waals surface area contributed by atoms with E-state index >= 15 is 0 Å². The fraction of sp³-hybridized carbons (Fsp3) is 0.440. The van der Waals surface area contributed by atoms with Crippen molar-refractivity contribution in [3.05, 3.63) is 48.0 Å². The molecular weight excluding hydrogens is 408 g/mol. The molecule has 1 aliphatic carbocycles. The van der Waals surface area contributed by atoms with Gasteiger partial charge in [-0.3, -0.25) is 9.59 Å². The van der Waals surface area contributed by atoms with Crippen molar-refractivity contribution in [1.82, 2.24) is 5.32 Å². The lowest BCUT2D eigenvalue weighted by molar-refractivity contribution is -0.118. The number of carbonyl (C=O) groups excluding carboxylic acids is 2. The Morgan fingerprint density at radius 2 is 1.50 bits per heavy atom. The summed E-state index contributed by atoms with van der Waals surface area (Å²) in [5.41, 5.74) is 1.00. The maximum Gasteiger partial charge on any atom is 0.252 e. The average molecular weight is 441 g/mol. The Bertz CT molecular complexity index is 898. The fourth-order valence-electron chi connectivity index (χ4n) is 3.73. The van der Waals surface area contributed by atoms with Gasteiger partial charge in [-0.25, -0.2) is 0 Å². The monoisotopic (exact) mass is 440 g/mol. The van der Waals surface area contributed by atoms with Crippen LogP contribution < -0.4 is 24.8 Å². The molecule has 0 saturated heterocycles. The number of hydrogen-bond donors (Lipinski definition) is 2. The zero-order valence-corrected chi connectivity index (χ0v) is 19.1. The maximum absolute atomic E-state index is 12.9. The number of carbonyl (C=O) groups is 2. The first-order valence-corrected chi connectivity index (χ1v) is 11.0. The van der Waals surface area contributed by atoms with E-state index in [1.165, 1.54) is 27.1 Å². The summed E-state index contributed by atoms with van der Waals surface area (Å²) in [6.45, 7) is 3.77. The van der Waals surface area contributed by atoms with E-state index in [-0.39, 0.29) is 23.8 Å². The Morgan fingerprint density at radius 3 is 2.03 bits per heavy atom. The van der Waals surface area contributed by atoms with Crippen LogP contribution in [-0.2, 0) is 4.79 Å². The minimum Gasteiger partial charge on any atom is -0.497 e. The first-order valence-electron chi connectivity index (χ1n) is 11.0. The van der Waals surface area contributed by atoms with Crippen molar-refractivity contribution in [2.24, 2.45) is 5.92 Å².